The Balaban J connectivity index is 5.53. The molecular formula is C20H34O8. The number of hydrogen-bond donors (Lipinski definition) is 1. The highest BCUT2D eigenvalue weighted by molar-refractivity contribution is 6.05. The molecule has 0 amide bonds. The summed E-state index contributed by atoms with van der Waals surface area (Å²) in [6.45, 7) is 6.89. The molecule has 1 N–H and O–H groups in total. The van der Waals surface area contributed by atoms with Crippen LogP contribution in [-0.4, -0.2) is 54.2 Å². The molecule has 0 heterocycles. The van der Waals surface area contributed by atoms with E-state index in [-0.39, 0.29) is 19.8 Å². The second-order valence-electron chi connectivity index (χ2n) is 6.73. The number of unbranched alkanes of at least 4 members (excludes halogenated alkanes) is 3. The fourth-order valence-corrected chi connectivity index (χ4v) is 2.43. The van der Waals surface area contributed by atoms with Crippen LogP contribution in [0.1, 0.15) is 72.6 Å². The average Bonchev–Trinajstić information content (AvgIpc) is 2.61. The molecule has 8 heteroatoms. The van der Waals surface area contributed by atoms with Gasteiger partial charge in [-0.1, -0.05) is 40.0 Å². The van der Waals surface area contributed by atoms with Crippen molar-refractivity contribution < 1.29 is 38.5 Å². The summed E-state index contributed by atoms with van der Waals surface area (Å²) in [4.78, 5) is 49.2. The van der Waals surface area contributed by atoms with Gasteiger partial charge in [-0.05, 0) is 26.2 Å². The predicted molar refractivity (Wildman–Crippen MR) is 101 cm³/mol. The third kappa shape index (κ3) is 8.82. The molecule has 0 fully saturated rings. The molecule has 0 aromatic rings. The Morgan fingerprint density at radius 1 is 0.821 bits per heavy atom. The Kier molecular flexibility index (Phi) is 13.1. The number of carbonyl (C=O) groups is 4. The van der Waals surface area contributed by atoms with Crippen molar-refractivity contribution in [1.29, 1.82) is 0 Å². The lowest BCUT2D eigenvalue weighted by Gasteiger charge is -2.30. The number of ketones is 1. The van der Waals surface area contributed by atoms with Gasteiger partial charge in [0.15, 0.2) is 11.5 Å². The van der Waals surface area contributed by atoms with Crippen LogP contribution in [0.3, 0.4) is 0 Å². The second-order valence-corrected chi connectivity index (χ2v) is 6.73. The number of Topliss-reactive ketones (excluding diaryl/α,β-unsaturated/α-hetero) is 1. The van der Waals surface area contributed by atoms with Gasteiger partial charge in [-0.2, -0.15) is 0 Å². The Hall–Kier alpha value is -1.96. The lowest BCUT2D eigenvalue weighted by molar-refractivity contribution is -0.187. The lowest BCUT2D eigenvalue weighted by Crippen LogP contribution is -2.55. The monoisotopic (exact) mass is 402 g/mol. The summed E-state index contributed by atoms with van der Waals surface area (Å²) in [5.41, 5.74) is -2.67. The highest BCUT2D eigenvalue weighted by Gasteiger charge is 2.54. The van der Waals surface area contributed by atoms with Gasteiger partial charge in [0.25, 0.3) is 0 Å². The van der Waals surface area contributed by atoms with Crippen molar-refractivity contribution in [2.75, 3.05) is 19.8 Å². The molecule has 162 valence electrons. The quantitative estimate of drug-likeness (QED) is 0.192. The minimum absolute atomic E-state index is 0.00195. The van der Waals surface area contributed by atoms with Gasteiger partial charge in [0, 0.05) is 0 Å². The van der Waals surface area contributed by atoms with Crippen LogP contribution in [0.5, 0.6) is 0 Å². The van der Waals surface area contributed by atoms with E-state index in [4.69, 9.17) is 14.2 Å². The van der Waals surface area contributed by atoms with E-state index in [0.717, 1.165) is 26.2 Å². The standard InChI is InChI=1S/C20H34O8/c1-5-8-11-26-16(22)14-20(25,19(24)28-13-10-7-3)17(15(4)21)18(23)27-12-9-6-2/h17,25H,5-14H2,1-4H3/t17-,20-/m1/s1. The SMILES string of the molecule is CCCCOC(=O)C[C@](O)(C(=O)OCCCC)[C@H](C(C)=O)C(=O)OCCCC. The third-order valence-electron chi connectivity index (χ3n) is 4.12. The van der Waals surface area contributed by atoms with Crippen LogP contribution in [0, 0.1) is 5.92 Å². The van der Waals surface area contributed by atoms with E-state index < -0.39 is 41.6 Å². The highest BCUT2D eigenvalue weighted by Crippen LogP contribution is 2.27. The number of aliphatic hydroxyl groups is 1. The first-order valence-corrected chi connectivity index (χ1v) is 9.96. The van der Waals surface area contributed by atoms with Crippen molar-refractivity contribution in [3.63, 3.8) is 0 Å². The first-order chi connectivity index (χ1) is 13.2. The van der Waals surface area contributed by atoms with E-state index >= 15 is 0 Å². The van der Waals surface area contributed by atoms with Crippen molar-refractivity contribution in [2.24, 2.45) is 5.92 Å². The molecule has 0 aromatic heterocycles. The topological polar surface area (TPSA) is 116 Å². The van der Waals surface area contributed by atoms with Gasteiger partial charge in [-0.25, -0.2) is 4.79 Å². The molecular weight excluding hydrogens is 368 g/mol. The largest absolute Gasteiger partial charge is 0.466 e. The van der Waals surface area contributed by atoms with Gasteiger partial charge < -0.3 is 19.3 Å². The fourth-order valence-electron chi connectivity index (χ4n) is 2.43. The summed E-state index contributed by atoms with van der Waals surface area (Å²) in [5.74, 6) is -5.82. The van der Waals surface area contributed by atoms with Crippen molar-refractivity contribution in [1.82, 2.24) is 0 Å². The maximum absolute atomic E-state index is 12.5. The molecule has 0 spiro atoms. The minimum Gasteiger partial charge on any atom is -0.466 e. The summed E-state index contributed by atoms with van der Waals surface area (Å²) >= 11 is 0. The average molecular weight is 402 g/mol. The van der Waals surface area contributed by atoms with Crippen LogP contribution < -0.4 is 0 Å². The zero-order valence-corrected chi connectivity index (χ0v) is 17.5. The molecule has 0 radical (unpaired) electrons. The zero-order valence-electron chi connectivity index (χ0n) is 17.5. The number of hydrogen-bond acceptors (Lipinski definition) is 8. The van der Waals surface area contributed by atoms with Crippen LogP contribution in [0.4, 0.5) is 0 Å². The number of ether oxygens (including phenoxy) is 3. The van der Waals surface area contributed by atoms with Crippen LogP contribution in [-0.2, 0) is 33.4 Å². The number of carbonyl (C=O) groups excluding carboxylic acids is 4. The van der Waals surface area contributed by atoms with E-state index in [1.54, 1.807) is 0 Å². The molecule has 28 heavy (non-hydrogen) atoms. The first kappa shape index (κ1) is 26.0. The van der Waals surface area contributed by atoms with Gasteiger partial charge >= 0.3 is 17.9 Å². The third-order valence-corrected chi connectivity index (χ3v) is 4.12. The Labute approximate surface area is 166 Å². The van der Waals surface area contributed by atoms with E-state index in [0.29, 0.717) is 19.3 Å². The summed E-state index contributed by atoms with van der Waals surface area (Å²) in [5, 5.41) is 11.0. The molecule has 0 rings (SSSR count). The highest BCUT2D eigenvalue weighted by atomic mass is 16.6. The minimum atomic E-state index is -2.67. The Morgan fingerprint density at radius 2 is 1.29 bits per heavy atom. The summed E-state index contributed by atoms with van der Waals surface area (Å²) < 4.78 is 15.0. The van der Waals surface area contributed by atoms with Crippen LogP contribution in [0.15, 0.2) is 0 Å². The van der Waals surface area contributed by atoms with Gasteiger partial charge in [0.05, 0.1) is 26.2 Å². The lowest BCUT2D eigenvalue weighted by atomic mass is 9.81. The summed E-state index contributed by atoms with van der Waals surface area (Å²) in [6, 6.07) is 0. The van der Waals surface area contributed by atoms with Gasteiger partial charge in [-0.3, -0.25) is 14.4 Å². The van der Waals surface area contributed by atoms with Gasteiger partial charge in [0.1, 0.15) is 5.78 Å². The number of rotatable bonds is 15. The normalized spacial score (nSPS) is 13.9. The van der Waals surface area contributed by atoms with Crippen LogP contribution in [0.2, 0.25) is 0 Å². The van der Waals surface area contributed by atoms with E-state index in [9.17, 15) is 24.3 Å². The van der Waals surface area contributed by atoms with E-state index in [2.05, 4.69) is 0 Å². The van der Waals surface area contributed by atoms with E-state index in [1.165, 1.54) is 0 Å². The van der Waals surface area contributed by atoms with Crippen molar-refractivity contribution in [3.05, 3.63) is 0 Å². The van der Waals surface area contributed by atoms with Crippen molar-refractivity contribution in [3.8, 4) is 0 Å². The molecule has 2 atom stereocenters. The second kappa shape index (κ2) is 14.1. The molecule has 0 aliphatic rings. The molecule has 0 aliphatic heterocycles. The Morgan fingerprint density at radius 3 is 1.75 bits per heavy atom. The first-order valence-electron chi connectivity index (χ1n) is 9.96. The molecule has 0 aromatic carbocycles. The fraction of sp³-hybridized carbons (Fsp3) is 0.800. The molecule has 0 saturated carbocycles. The molecule has 0 bridgehead atoms. The van der Waals surface area contributed by atoms with Crippen LogP contribution in [0.25, 0.3) is 0 Å². The molecule has 8 nitrogen and oxygen atoms in total. The molecule has 0 saturated heterocycles. The zero-order chi connectivity index (χ0) is 21.6. The summed E-state index contributed by atoms with van der Waals surface area (Å²) in [6.07, 6.45) is 3.12. The van der Waals surface area contributed by atoms with Crippen molar-refractivity contribution in [2.45, 2.75) is 78.2 Å². The number of esters is 3. The smallest absolute Gasteiger partial charge is 0.340 e. The van der Waals surface area contributed by atoms with Gasteiger partial charge in [-0.15, -0.1) is 0 Å². The summed E-state index contributed by atoms with van der Waals surface area (Å²) in [7, 11) is 0. The molecule has 0 unspecified atom stereocenters. The molecule has 0 aliphatic carbocycles. The van der Waals surface area contributed by atoms with Gasteiger partial charge in [0.2, 0.25) is 0 Å². The van der Waals surface area contributed by atoms with Crippen molar-refractivity contribution >= 4 is 23.7 Å². The van der Waals surface area contributed by atoms with E-state index in [1.807, 2.05) is 20.8 Å². The Bertz CT molecular complexity index is 516. The maximum atomic E-state index is 12.5. The maximum Gasteiger partial charge on any atom is 0.340 e. The van der Waals surface area contributed by atoms with Crippen LogP contribution >= 0.6 is 0 Å². The predicted octanol–water partition coefficient (Wildman–Crippen LogP) is 2.34.